The largest absolute Gasteiger partial charge is 0.481 e. The van der Waals surface area contributed by atoms with Gasteiger partial charge in [0.1, 0.15) is 5.82 Å². The fourth-order valence-corrected chi connectivity index (χ4v) is 1.64. The number of hydrogen-bond donors (Lipinski definition) is 2. The van der Waals surface area contributed by atoms with E-state index in [1.165, 1.54) is 12.1 Å². The van der Waals surface area contributed by atoms with Crippen LogP contribution in [0.1, 0.15) is 0 Å². The number of imide groups is 1. The van der Waals surface area contributed by atoms with Gasteiger partial charge in [0, 0.05) is 6.54 Å². The lowest BCUT2D eigenvalue weighted by Crippen LogP contribution is -2.57. The summed E-state index contributed by atoms with van der Waals surface area (Å²) in [5.41, 5.74) is 0.129. The van der Waals surface area contributed by atoms with Crippen LogP contribution in [0.2, 0.25) is 0 Å². The first-order chi connectivity index (χ1) is 8.50. The van der Waals surface area contributed by atoms with E-state index in [4.69, 9.17) is 5.11 Å². The maximum absolute atomic E-state index is 12.8. The molecule has 3 amide bonds. The SMILES string of the molecule is O=C(O)C1CNC(=O)N(c2ccc(F)cc2)C1=O. The predicted molar refractivity (Wildman–Crippen MR) is 58.4 cm³/mol. The van der Waals surface area contributed by atoms with Gasteiger partial charge in [-0.2, -0.15) is 0 Å². The first kappa shape index (κ1) is 12.0. The summed E-state index contributed by atoms with van der Waals surface area (Å²) in [6.07, 6.45) is 0. The van der Waals surface area contributed by atoms with Gasteiger partial charge in [-0.1, -0.05) is 0 Å². The molecule has 1 aromatic carbocycles. The van der Waals surface area contributed by atoms with E-state index in [-0.39, 0.29) is 12.2 Å². The van der Waals surface area contributed by atoms with Crippen LogP contribution in [0.15, 0.2) is 24.3 Å². The van der Waals surface area contributed by atoms with Crippen LogP contribution in [0.4, 0.5) is 14.9 Å². The molecule has 1 aliphatic heterocycles. The molecule has 2 N–H and O–H groups in total. The Labute approximate surface area is 101 Å². The lowest BCUT2D eigenvalue weighted by atomic mass is 10.1. The minimum absolute atomic E-state index is 0.129. The lowest BCUT2D eigenvalue weighted by molar-refractivity contribution is -0.146. The molecule has 0 radical (unpaired) electrons. The Hall–Kier alpha value is -2.44. The van der Waals surface area contributed by atoms with Crippen LogP contribution in [-0.2, 0) is 9.59 Å². The van der Waals surface area contributed by atoms with Gasteiger partial charge in [-0.05, 0) is 24.3 Å². The number of benzene rings is 1. The van der Waals surface area contributed by atoms with Crippen molar-refractivity contribution in [2.24, 2.45) is 5.92 Å². The molecule has 0 saturated carbocycles. The Morgan fingerprint density at radius 3 is 2.50 bits per heavy atom. The van der Waals surface area contributed by atoms with Gasteiger partial charge < -0.3 is 10.4 Å². The second-order valence-corrected chi connectivity index (χ2v) is 3.73. The summed E-state index contributed by atoms with van der Waals surface area (Å²) >= 11 is 0. The zero-order valence-corrected chi connectivity index (χ0v) is 9.09. The van der Waals surface area contributed by atoms with Crippen LogP contribution < -0.4 is 10.2 Å². The number of urea groups is 1. The van der Waals surface area contributed by atoms with Gasteiger partial charge >= 0.3 is 12.0 Å². The summed E-state index contributed by atoms with van der Waals surface area (Å²) in [5, 5.41) is 11.1. The summed E-state index contributed by atoms with van der Waals surface area (Å²) in [5.74, 6) is -3.99. The van der Waals surface area contributed by atoms with Crippen LogP contribution in [0.25, 0.3) is 0 Å². The van der Waals surface area contributed by atoms with Crippen LogP contribution in [0.5, 0.6) is 0 Å². The number of amides is 3. The molecule has 6 nitrogen and oxygen atoms in total. The molecule has 94 valence electrons. The third kappa shape index (κ3) is 2.02. The predicted octanol–water partition coefficient (Wildman–Crippen LogP) is 0.583. The van der Waals surface area contributed by atoms with Crippen molar-refractivity contribution in [3.63, 3.8) is 0 Å². The van der Waals surface area contributed by atoms with E-state index in [0.29, 0.717) is 4.90 Å². The second-order valence-electron chi connectivity index (χ2n) is 3.73. The Morgan fingerprint density at radius 1 is 1.33 bits per heavy atom. The average molecular weight is 252 g/mol. The van der Waals surface area contributed by atoms with E-state index in [1.807, 2.05) is 0 Å². The number of nitrogens with one attached hydrogen (secondary N) is 1. The fourth-order valence-electron chi connectivity index (χ4n) is 1.64. The molecule has 1 aliphatic rings. The zero-order valence-electron chi connectivity index (χ0n) is 9.09. The number of carbonyl (C=O) groups is 3. The average Bonchev–Trinajstić information content (AvgIpc) is 2.31. The summed E-state index contributed by atoms with van der Waals surface area (Å²) in [6.45, 7) is -0.245. The Balaban J connectivity index is 2.34. The molecule has 1 aromatic rings. The summed E-state index contributed by atoms with van der Waals surface area (Å²) in [7, 11) is 0. The highest BCUT2D eigenvalue weighted by Crippen LogP contribution is 2.20. The quantitative estimate of drug-likeness (QED) is 0.754. The maximum Gasteiger partial charge on any atom is 0.328 e. The molecule has 1 heterocycles. The number of aliphatic carboxylic acids is 1. The van der Waals surface area contributed by atoms with E-state index < -0.39 is 29.6 Å². The number of nitrogens with zero attached hydrogens (tertiary/aromatic N) is 1. The molecular formula is C11H9FN2O4. The van der Waals surface area contributed by atoms with E-state index in [9.17, 15) is 18.8 Å². The highest BCUT2D eigenvalue weighted by molar-refractivity contribution is 6.21. The molecule has 0 aromatic heterocycles. The van der Waals surface area contributed by atoms with Gasteiger partial charge in [-0.15, -0.1) is 0 Å². The molecule has 2 rings (SSSR count). The van der Waals surface area contributed by atoms with Crippen molar-refractivity contribution < 1.29 is 23.9 Å². The van der Waals surface area contributed by atoms with Gasteiger partial charge in [-0.25, -0.2) is 14.1 Å². The minimum Gasteiger partial charge on any atom is -0.481 e. The number of carboxylic acids is 1. The normalized spacial score (nSPS) is 19.6. The molecule has 1 saturated heterocycles. The third-order valence-corrected chi connectivity index (χ3v) is 2.56. The van der Waals surface area contributed by atoms with Crippen LogP contribution in [-0.4, -0.2) is 29.6 Å². The van der Waals surface area contributed by atoms with Crippen molar-refractivity contribution in [1.82, 2.24) is 5.32 Å². The first-order valence-corrected chi connectivity index (χ1v) is 5.11. The van der Waals surface area contributed by atoms with Crippen LogP contribution >= 0.6 is 0 Å². The van der Waals surface area contributed by atoms with Gasteiger partial charge in [0.05, 0.1) is 5.69 Å². The van der Waals surface area contributed by atoms with E-state index in [0.717, 1.165) is 12.1 Å². The molecule has 1 atom stereocenters. The summed E-state index contributed by atoms with van der Waals surface area (Å²) in [6, 6.07) is 3.92. The molecular weight excluding hydrogens is 243 g/mol. The third-order valence-electron chi connectivity index (χ3n) is 2.56. The minimum atomic E-state index is -1.33. The summed E-state index contributed by atoms with van der Waals surface area (Å²) in [4.78, 5) is 35.0. The smallest absolute Gasteiger partial charge is 0.328 e. The van der Waals surface area contributed by atoms with Gasteiger partial charge in [0.15, 0.2) is 5.92 Å². The number of carbonyl (C=O) groups excluding carboxylic acids is 2. The number of rotatable bonds is 2. The molecule has 18 heavy (non-hydrogen) atoms. The van der Waals surface area contributed by atoms with Crippen LogP contribution in [0.3, 0.4) is 0 Å². The van der Waals surface area contributed by atoms with E-state index in [2.05, 4.69) is 5.32 Å². The fraction of sp³-hybridized carbons (Fsp3) is 0.182. The van der Waals surface area contributed by atoms with Crippen molar-refractivity contribution in [2.45, 2.75) is 0 Å². The number of anilines is 1. The maximum atomic E-state index is 12.8. The zero-order chi connectivity index (χ0) is 13.3. The standard InChI is InChI=1S/C11H9FN2O4/c12-6-1-3-7(4-2-6)14-9(15)8(10(16)17)5-13-11(14)18/h1-4,8H,5H2,(H,13,18)(H,16,17). The van der Waals surface area contributed by atoms with Crippen molar-refractivity contribution in [3.8, 4) is 0 Å². The van der Waals surface area contributed by atoms with E-state index in [1.54, 1.807) is 0 Å². The van der Waals surface area contributed by atoms with Gasteiger partial charge in [0.2, 0.25) is 0 Å². The lowest BCUT2D eigenvalue weighted by Gasteiger charge is -2.29. The Kier molecular flexibility index (Phi) is 2.97. The number of carboxylic acid groups (broad SMARTS) is 1. The van der Waals surface area contributed by atoms with Gasteiger partial charge in [0.25, 0.3) is 5.91 Å². The van der Waals surface area contributed by atoms with E-state index >= 15 is 0 Å². The molecule has 0 spiro atoms. The topological polar surface area (TPSA) is 86.7 Å². The molecule has 0 aliphatic carbocycles. The van der Waals surface area contributed by atoms with Crippen molar-refractivity contribution >= 4 is 23.6 Å². The molecule has 7 heteroatoms. The number of halogens is 1. The van der Waals surface area contributed by atoms with Crippen molar-refractivity contribution in [2.75, 3.05) is 11.4 Å². The highest BCUT2D eigenvalue weighted by atomic mass is 19.1. The molecule has 0 bridgehead atoms. The Bertz CT molecular complexity index is 514. The highest BCUT2D eigenvalue weighted by Gasteiger charge is 2.39. The number of hydrogen-bond acceptors (Lipinski definition) is 3. The second kappa shape index (κ2) is 4.44. The van der Waals surface area contributed by atoms with Crippen LogP contribution in [0, 0.1) is 11.7 Å². The van der Waals surface area contributed by atoms with Gasteiger partial charge in [-0.3, -0.25) is 9.59 Å². The monoisotopic (exact) mass is 252 g/mol. The Morgan fingerprint density at radius 2 is 1.94 bits per heavy atom. The van der Waals surface area contributed by atoms with Crippen molar-refractivity contribution in [3.05, 3.63) is 30.1 Å². The van der Waals surface area contributed by atoms with Crippen molar-refractivity contribution in [1.29, 1.82) is 0 Å². The summed E-state index contributed by atoms with van der Waals surface area (Å²) < 4.78 is 12.8. The molecule has 1 fully saturated rings. The molecule has 1 unspecified atom stereocenters. The first-order valence-electron chi connectivity index (χ1n) is 5.11.